The molecule has 10 rings (SSSR count). The molecule has 1 atom stereocenters. The Labute approximate surface area is 361 Å². The molecule has 0 radical (unpaired) electrons. The number of hydrogen-bond donors (Lipinski definition) is 0. The standard InChI is InChI=1S/C48H37N3O.C7H8.C2H6/c1-5-15-37-31(3)48(41-23-13-12-22-38(37)41)42-29-35(24-25-39(42)40-26-27-43(52-4)30(2)44(40)48)34-20-14-21-36(28-34)47-50-45(32-16-8-6-9-17-32)49-46(51-47)33-18-10-7-11-19-33;1-7-5-3-2-4-6-7;1-2/h5-29H,1-4H3;2-6H,1H3;1-2H3/b15-5-;;. The Balaban J connectivity index is 0.000000515. The molecule has 0 bridgehead atoms. The minimum Gasteiger partial charge on any atom is -0.496 e. The molecule has 7 aromatic carbocycles. The van der Waals surface area contributed by atoms with Crippen LogP contribution in [0.25, 0.3) is 62.0 Å². The maximum absolute atomic E-state index is 5.94. The third-order valence-electron chi connectivity index (χ3n) is 11.7. The molecule has 0 saturated carbocycles. The fraction of sp³-hybridized carbons (Fsp3) is 0.140. The molecule has 0 saturated heterocycles. The second kappa shape index (κ2) is 17.6. The number of benzene rings is 7. The van der Waals surface area contributed by atoms with Crippen LogP contribution in [0.5, 0.6) is 5.75 Å². The normalized spacial score (nSPS) is 14.4. The number of methoxy groups -OCH3 is 1. The minimum absolute atomic E-state index is 0.453. The highest BCUT2D eigenvalue weighted by Gasteiger charge is 2.52. The maximum atomic E-state index is 5.94. The first-order valence-electron chi connectivity index (χ1n) is 21.2. The zero-order chi connectivity index (χ0) is 42.5. The van der Waals surface area contributed by atoms with Crippen LogP contribution < -0.4 is 4.74 Å². The minimum atomic E-state index is -0.453. The van der Waals surface area contributed by atoms with Gasteiger partial charge in [-0.2, -0.15) is 0 Å². The molecule has 61 heavy (non-hydrogen) atoms. The zero-order valence-corrected chi connectivity index (χ0v) is 36.1. The van der Waals surface area contributed by atoms with Gasteiger partial charge in [0.2, 0.25) is 0 Å². The second-order valence-corrected chi connectivity index (χ2v) is 15.2. The van der Waals surface area contributed by atoms with Crippen molar-refractivity contribution in [1.29, 1.82) is 0 Å². The third kappa shape index (κ3) is 7.29. The van der Waals surface area contributed by atoms with Crippen LogP contribution in [-0.2, 0) is 5.41 Å². The molecule has 1 spiro atoms. The quantitative estimate of drug-likeness (QED) is 0.168. The highest BCUT2D eigenvalue weighted by Crippen LogP contribution is 2.63. The molecule has 1 aromatic heterocycles. The highest BCUT2D eigenvalue weighted by molar-refractivity contribution is 5.98. The van der Waals surface area contributed by atoms with Crippen LogP contribution in [0.3, 0.4) is 0 Å². The number of aromatic nitrogens is 3. The van der Waals surface area contributed by atoms with Gasteiger partial charge in [-0.05, 0) is 107 Å². The number of hydrogen-bond acceptors (Lipinski definition) is 4. The van der Waals surface area contributed by atoms with E-state index in [1.165, 1.54) is 55.7 Å². The molecule has 0 N–H and O–H groups in total. The summed E-state index contributed by atoms with van der Waals surface area (Å²) in [5.74, 6) is 2.85. The van der Waals surface area contributed by atoms with E-state index in [1.54, 1.807) is 7.11 Å². The van der Waals surface area contributed by atoms with E-state index in [4.69, 9.17) is 19.7 Å². The number of fused-ring (bicyclic) bond motifs is 7. The predicted molar refractivity (Wildman–Crippen MR) is 255 cm³/mol. The van der Waals surface area contributed by atoms with Crippen molar-refractivity contribution >= 4 is 5.57 Å². The lowest BCUT2D eigenvalue weighted by atomic mass is 9.68. The van der Waals surface area contributed by atoms with Crippen LogP contribution in [-0.4, -0.2) is 22.1 Å². The molecule has 2 aliphatic carbocycles. The van der Waals surface area contributed by atoms with E-state index in [9.17, 15) is 0 Å². The Morgan fingerprint density at radius 1 is 0.475 bits per heavy atom. The van der Waals surface area contributed by atoms with Gasteiger partial charge in [-0.15, -0.1) is 0 Å². The second-order valence-electron chi connectivity index (χ2n) is 15.2. The van der Waals surface area contributed by atoms with E-state index >= 15 is 0 Å². The van der Waals surface area contributed by atoms with E-state index < -0.39 is 5.41 Å². The molecule has 0 aliphatic heterocycles. The van der Waals surface area contributed by atoms with Crippen LogP contribution in [0, 0.1) is 13.8 Å². The first-order chi connectivity index (χ1) is 29.9. The van der Waals surface area contributed by atoms with E-state index in [-0.39, 0.29) is 0 Å². The van der Waals surface area contributed by atoms with Gasteiger partial charge in [-0.1, -0.05) is 183 Å². The lowest BCUT2D eigenvalue weighted by molar-refractivity contribution is 0.410. The summed E-state index contributed by atoms with van der Waals surface area (Å²) < 4.78 is 5.94. The molecular formula is C57H51N3O. The number of allylic oxidation sites excluding steroid dienone is 4. The largest absolute Gasteiger partial charge is 0.496 e. The van der Waals surface area contributed by atoms with Crippen molar-refractivity contribution in [3.8, 4) is 62.2 Å². The summed E-state index contributed by atoms with van der Waals surface area (Å²) >= 11 is 0. The SMILES string of the molecule is C/C=C\C1=C(C)C2(c3ccccc31)c1cc(-c3cccc(-c4nc(-c5ccccc5)nc(-c5ccccc5)n4)c3)ccc1-c1ccc(OC)c(C)c12.CC.Cc1ccccc1. The van der Waals surface area contributed by atoms with Gasteiger partial charge in [0.1, 0.15) is 5.75 Å². The summed E-state index contributed by atoms with van der Waals surface area (Å²) in [5, 5.41) is 0. The summed E-state index contributed by atoms with van der Waals surface area (Å²) in [6.45, 7) is 12.7. The van der Waals surface area contributed by atoms with Gasteiger partial charge in [-0.3, -0.25) is 0 Å². The monoisotopic (exact) mass is 793 g/mol. The number of ether oxygens (including phenoxy) is 1. The van der Waals surface area contributed by atoms with Crippen molar-refractivity contribution < 1.29 is 4.74 Å². The highest BCUT2D eigenvalue weighted by atomic mass is 16.5. The summed E-state index contributed by atoms with van der Waals surface area (Å²) in [4.78, 5) is 14.9. The lowest BCUT2D eigenvalue weighted by Gasteiger charge is -2.33. The van der Waals surface area contributed by atoms with Gasteiger partial charge in [0.15, 0.2) is 17.5 Å². The Bertz CT molecular complexity index is 2840. The van der Waals surface area contributed by atoms with E-state index in [1.807, 2.05) is 92.7 Å². The maximum Gasteiger partial charge on any atom is 0.164 e. The number of aryl methyl sites for hydroxylation is 1. The smallest absolute Gasteiger partial charge is 0.164 e. The van der Waals surface area contributed by atoms with E-state index in [0.29, 0.717) is 17.5 Å². The zero-order valence-electron chi connectivity index (χ0n) is 36.1. The third-order valence-corrected chi connectivity index (χ3v) is 11.7. The van der Waals surface area contributed by atoms with Gasteiger partial charge in [0, 0.05) is 16.7 Å². The molecule has 0 amide bonds. The molecule has 2 aliphatic rings. The molecule has 4 heteroatoms. The fourth-order valence-electron chi connectivity index (χ4n) is 9.04. The fourth-order valence-corrected chi connectivity index (χ4v) is 9.04. The predicted octanol–water partition coefficient (Wildman–Crippen LogP) is 14.6. The summed E-state index contributed by atoms with van der Waals surface area (Å²) in [6.07, 6.45) is 4.42. The Hall–Kier alpha value is -7.17. The average molecular weight is 794 g/mol. The van der Waals surface area contributed by atoms with E-state index in [0.717, 1.165) is 33.6 Å². The average Bonchev–Trinajstić information content (AvgIpc) is 3.76. The van der Waals surface area contributed by atoms with Crippen molar-refractivity contribution in [2.45, 2.75) is 47.0 Å². The van der Waals surface area contributed by atoms with Gasteiger partial charge in [0.05, 0.1) is 12.5 Å². The first-order valence-corrected chi connectivity index (χ1v) is 21.2. The molecular weight excluding hydrogens is 743 g/mol. The van der Waals surface area contributed by atoms with Gasteiger partial charge >= 0.3 is 0 Å². The molecule has 4 nitrogen and oxygen atoms in total. The molecule has 300 valence electrons. The molecule has 1 heterocycles. The van der Waals surface area contributed by atoms with Crippen LogP contribution in [0.15, 0.2) is 188 Å². The Morgan fingerprint density at radius 3 is 1.59 bits per heavy atom. The van der Waals surface area contributed by atoms with Crippen LogP contribution in [0.4, 0.5) is 0 Å². The number of rotatable bonds is 6. The van der Waals surface area contributed by atoms with Crippen molar-refractivity contribution in [2.75, 3.05) is 7.11 Å². The molecule has 8 aromatic rings. The molecule has 1 unspecified atom stereocenters. The van der Waals surface area contributed by atoms with Gasteiger partial charge in [0.25, 0.3) is 0 Å². The van der Waals surface area contributed by atoms with Crippen molar-refractivity contribution in [1.82, 2.24) is 15.0 Å². The first kappa shape index (κ1) is 40.6. The van der Waals surface area contributed by atoms with Crippen LogP contribution in [0.2, 0.25) is 0 Å². The Kier molecular flexibility index (Phi) is 11.7. The summed E-state index contributed by atoms with van der Waals surface area (Å²) in [7, 11) is 1.77. The summed E-state index contributed by atoms with van der Waals surface area (Å²) in [5.41, 5.74) is 17.5. The van der Waals surface area contributed by atoms with Crippen molar-refractivity contribution in [3.05, 3.63) is 221 Å². The molecule has 0 fully saturated rings. The lowest BCUT2D eigenvalue weighted by Crippen LogP contribution is -2.27. The van der Waals surface area contributed by atoms with E-state index in [2.05, 4.69) is 131 Å². The summed E-state index contributed by atoms with van der Waals surface area (Å²) in [6, 6.07) is 59.3. The Morgan fingerprint density at radius 2 is 1.00 bits per heavy atom. The van der Waals surface area contributed by atoms with Gasteiger partial charge < -0.3 is 4.74 Å². The van der Waals surface area contributed by atoms with Crippen molar-refractivity contribution in [2.24, 2.45) is 0 Å². The number of nitrogens with zero attached hydrogens (tertiary/aromatic N) is 3. The van der Waals surface area contributed by atoms with Gasteiger partial charge in [-0.25, -0.2) is 15.0 Å². The van der Waals surface area contributed by atoms with Crippen molar-refractivity contribution in [3.63, 3.8) is 0 Å². The van der Waals surface area contributed by atoms with Crippen LogP contribution in [0.1, 0.15) is 61.1 Å². The topological polar surface area (TPSA) is 47.9 Å². The van der Waals surface area contributed by atoms with Crippen LogP contribution >= 0.6 is 0 Å².